The molecule has 6 aliphatic carbocycles. The molecule has 276 valence electrons. The summed E-state index contributed by atoms with van der Waals surface area (Å²) in [4.78, 5) is 0. The third-order valence-corrected chi connectivity index (χ3v) is 16.7. The molecule has 0 unspecified atom stereocenters. The third-order valence-electron chi connectivity index (χ3n) is 16.7. The number of hydrogen-bond acceptors (Lipinski definition) is 8. The minimum absolute atomic E-state index is 0.0908. The maximum atomic E-state index is 11.2. The lowest BCUT2D eigenvalue weighted by Gasteiger charge is -2.63. The van der Waals surface area contributed by atoms with E-state index in [1.165, 1.54) is 0 Å². The van der Waals surface area contributed by atoms with Crippen LogP contribution in [-0.4, -0.2) is 80.8 Å². The van der Waals surface area contributed by atoms with Gasteiger partial charge in [0, 0.05) is 0 Å². The largest absolute Gasteiger partial charge is 0.390 e. The van der Waals surface area contributed by atoms with Gasteiger partial charge in [-0.25, -0.2) is 0 Å². The molecule has 6 saturated carbocycles. The molecule has 2 heterocycles. The van der Waals surface area contributed by atoms with Crippen molar-refractivity contribution >= 4 is 0 Å². The summed E-state index contributed by atoms with van der Waals surface area (Å²) in [5.41, 5.74) is -1.36. The molecule has 8 heteroatoms. The fourth-order valence-electron chi connectivity index (χ4n) is 14.2. The van der Waals surface area contributed by atoms with E-state index in [9.17, 15) is 20.4 Å². The lowest BCUT2D eigenvalue weighted by atomic mass is 9.44. The zero-order valence-electron chi connectivity index (χ0n) is 31.4. The Hall–Kier alpha value is -0.320. The van der Waals surface area contributed by atoms with Crippen LogP contribution in [0.3, 0.4) is 0 Å². The first-order valence-electron chi connectivity index (χ1n) is 19.7. The van der Waals surface area contributed by atoms with E-state index in [0.717, 1.165) is 103 Å². The average molecular weight is 677 g/mol. The fraction of sp³-hybridized carbons (Fsp3) is 1.00. The predicted molar refractivity (Wildman–Crippen MR) is 183 cm³/mol. The zero-order valence-corrected chi connectivity index (χ0v) is 31.4. The van der Waals surface area contributed by atoms with Crippen molar-refractivity contribution in [3.63, 3.8) is 0 Å². The van der Waals surface area contributed by atoms with Crippen molar-refractivity contribution in [3.8, 4) is 0 Å². The lowest BCUT2D eigenvalue weighted by Crippen LogP contribution is -2.63. The number of aliphatic hydroxyl groups is 4. The highest BCUT2D eigenvalue weighted by Gasteiger charge is 2.68. The van der Waals surface area contributed by atoms with Crippen molar-refractivity contribution in [3.05, 3.63) is 0 Å². The van der Waals surface area contributed by atoms with Gasteiger partial charge < -0.3 is 39.4 Å². The maximum absolute atomic E-state index is 11.2. The van der Waals surface area contributed by atoms with Crippen LogP contribution in [0.2, 0.25) is 0 Å². The molecule has 2 saturated heterocycles. The second-order valence-electron chi connectivity index (χ2n) is 19.8. The summed E-state index contributed by atoms with van der Waals surface area (Å²) in [6.07, 6.45) is 12.4. The summed E-state index contributed by atoms with van der Waals surface area (Å²) >= 11 is 0. The quantitative estimate of drug-likeness (QED) is 0.230. The smallest absolute Gasteiger partial charge is 0.163 e. The molecule has 0 bridgehead atoms. The molecule has 4 N–H and O–H groups in total. The molecule has 0 aromatic rings. The van der Waals surface area contributed by atoms with Crippen LogP contribution in [0.15, 0.2) is 0 Å². The van der Waals surface area contributed by atoms with E-state index in [1.54, 1.807) is 0 Å². The molecule has 0 amide bonds. The Morgan fingerprint density at radius 3 is 1.17 bits per heavy atom. The number of rotatable bonds is 0. The van der Waals surface area contributed by atoms with Gasteiger partial charge >= 0.3 is 0 Å². The highest BCUT2D eigenvalue weighted by Crippen LogP contribution is 2.69. The molecular formula is C40H68O8. The van der Waals surface area contributed by atoms with Gasteiger partial charge in [0.1, 0.15) is 0 Å². The Morgan fingerprint density at radius 1 is 0.417 bits per heavy atom. The first-order valence-corrected chi connectivity index (χ1v) is 19.7. The van der Waals surface area contributed by atoms with E-state index in [1.807, 2.05) is 27.7 Å². The molecule has 2 aliphatic heterocycles. The summed E-state index contributed by atoms with van der Waals surface area (Å²) in [5, 5.41) is 43.2. The standard InChI is InChI=1S/2C20H34O4/c2*1-17(2)23-12-11-19(4)13-7-10-20(22)14(5-6-15(20)21)18(13,3)9-8-16(19)24-17/h2*13-16,21-22H,5-12H2,1-4H3/t2*13-,14-,15-,16-,18+,19+,20+/m00/s1. The van der Waals surface area contributed by atoms with Crippen molar-refractivity contribution in [1.82, 2.24) is 0 Å². The Balaban J connectivity index is 0.000000152. The molecule has 8 fully saturated rings. The van der Waals surface area contributed by atoms with E-state index in [0.29, 0.717) is 11.8 Å². The van der Waals surface area contributed by atoms with Crippen LogP contribution in [0.4, 0.5) is 0 Å². The van der Waals surface area contributed by atoms with Gasteiger partial charge in [-0.1, -0.05) is 27.7 Å². The van der Waals surface area contributed by atoms with Crippen LogP contribution in [0.5, 0.6) is 0 Å². The van der Waals surface area contributed by atoms with E-state index in [2.05, 4.69) is 27.7 Å². The minimum atomic E-state index is -0.865. The molecule has 0 spiro atoms. The van der Waals surface area contributed by atoms with Gasteiger partial charge in [0.05, 0.1) is 48.8 Å². The first kappa shape index (κ1) is 36.1. The highest BCUT2D eigenvalue weighted by atomic mass is 16.7. The van der Waals surface area contributed by atoms with Crippen LogP contribution in [0.25, 0.3) is 0 Å². The Labute approximate surface area is 290 Å². The minimum Gasteiger partial charge on any atom is -0.390 e. The Bertz CT molecular complexity index is 1130. The van der Waals surface area contributed by atoms with Crippen molar-refractivity contribution in [2.75, 3.05) is 13.2 Å². The molecule has 14 atom stereocenters. The average Bonchev–Trinajstić information content (AvgIpc) is 3.38. The van der Waals surface area contributed by atoms with E-state index in [-0.39, 0.29) is 45.7 Å². The highest BCUT2D eigenvalue weighted by molar-refractivity contribution is 5.17. The number of fused-ring (bicyclic) bond motifs is 10. The molecule has 8 aliphatic rings. The van der Waals surface area contributed by atoms with Crippen LogP contribution < -0.4 is 0 Å². The number of aliphatic hydroxyl groups excluding tert-OH is 2. The summed E-state index contributed by atoms with van der Waals surface area (Å²) in [6.45, 7) is 19.1. The van der Waals surface area contributed by atoms with Crippen molar-refractivity contribution in [1.29, 1.82) is 0 Å². The summed E-state index contributed by atoms with van der Waals surface area (Å²) < 4.78 is 24.8. The second-order valence-corrected chi connectivity index (χ2v) is 19.8. The molecule has 48 heavy (non-hydrogen) atoms. The van der Waals surface area contributed by atoms with Gasteiger partial charge in [-0.05, 0) is 163 Å². The number of ether oxygens (including phenoxy) is 4. The number of hydrogen-bond donors (Lipinski definition) is 4. The molecular weight excluding hydrogens is 608 g/mol. The predicted octanol–water partition coefficient (Wildman–Crippen LogP) is 6.49. The van der Waals surface area contributed by atoms with Crippen LogP contribution in [0, 0.1) is 45.3 Å². The summed E-state index contributed by atoms with van der Waals surface area (Å²) in [7, 11) is 0. The van der Waals surface area contributed by atoms with Crippen LogP contribution >= 0.6 is 0 Å². The molecule has 0 radical (unpaired) electrons. The van der Waals surface area contributed by atoms with Crippen LogP contribution in [-0.2, 0) is 18.9 Å². The van der Waals surface area contributed by atoms with Crippen LogP contribution in [0.1, 0.15) is 145 Å². The second kappa shape index (κ2) is 11.6. The van der Waals surface area contributed by atoms with E-state index < -0.39 is 35.0 Å². The van der Waals surface area contributed by atoms with Gasteiger partial charge in [-0.3, -0.25) is 0 Å². The van der Waals surface area contributed by atoms with E-state index in [4.69, 9.17) is 18.9 Å². The summed E-state index contributed by atoms with van der Waals surface area (Å²) in [6, 6.07) is 0. The van der Waals surface area contributed by atoms with Gasteiger partial charge in [0.15, 0.2) is 11.6 Å². The Kier molecular flexibility index (Phi) is 8.70. The first-order chi connectivity index (χ1) is 22.2. The lowest BCUT2D eigenvalue weighted by molar-refractivity contribution is -0.264. The van der Waals surface area contributed by atoms with E-state index >= 15 is 0 Å². The van der Waals surface area contributed by atoms with Gasteiger partial charge in [0.2, 0.25) is 0 Å². The van der Waals surface area contributed by atoms with Gasteiger partial charge in [-0.2, -0.15) is 0 Å². The maximum Gasteiger partial charge on any atom is 0.163 e. The van der Waals surface area contributed by atoms with Gasteiger partial charge in [0.25, 0.3) is 0 Å². The molecule has 0 aromatic carbocycles. The topological polar surface area (TPSA) is 118 Å². The van der Waals surface area contributed by atoms with Gasteiger partial charge in [-0.15, -0.1) is 0 Å². The molecule has 8 nitrogen and oxygen atoms in total. The monoisotopic (exact) mass is 676 g/mol. The normalized spacial score (nSPS) is 56.8. The van der Waals surface area contributed by atoms with Crippen molar-refractivity contribution < 1.29 is 39.4 Å². The summed E-state index contributed by atoms with van der Waals surface area (Å²) in [5.74, 6) is 0.473. The van der Waals surface area contributed by atoms with Crippen molar-refractivity contribution in [2.24, 2.45) is 45.3 Å². The molecule has 8 rings (SSSR count). The fourth-order valence-corrected chi connectivity index (χ4v) is 14.2. The SMILES string of the molecule is CC1(C)OCC[C@]2(C)[C@H]3CC[C@]4(O)[C@@H](O)CC[C@H]4[C@]3(C)CC[C@@H]2O1.CC1(C)OCC[C@]2(C)[C@H]3CC[C@]4(O)[C@@H](O)CC[C@H]4[C@]3(C)CC[C@@H]2O1. The third kappa shape index (κ3) is 5.26. The van der Waals surface area contributed by atoms with Crippen molar-refractivity contribution in [2.45, 2.75) is 192 Å². The zero-order chi connectivity index (χ0) is 34.8. The molecule has 0 aromatic heterocycles. The Morgan fingerprint density at radius 2 is 0.792 bits per heavy atom.